The number of hydrogen-bond donors (Lipinski definition) is 2. The quantitative estimate of drug-likeness (QED) is 0.828. The highest BCUT2D eigenvalue weighted by Gasteiger charge is 2.40. The molecule has 2 aliphatic heterocycles. The molecule has 3 heterocycles. The van der Waals surface area contributed by atoms with E-state index in [2.05, 4.69) is 10.3 Å². The van der Waals surface area contributed by atoms with Crippen LogP contribution < -0.4 is 15.8 Å². The largest absolute Gasteiger partial charge is 0.479 e. The van der Waals surface area contributed by atoms with E-state index in [4.69, 9.17) is 15.2 Å². The van der Waals surface area contributed by atoms with Crippen LogP contribution >= 0.6 is 0 Å². The molecular formula is C12H17N3O2. The molecule has 0 aromatic carbocycles. The molecule has 17 heavy (non-hydrogen) atoms. The molecule has 3 rings (SSSR count). The Labute approximate surface area is 100 Å². The number of ether oxygens (including phenoxy) is 2. The van der Waals surface area contributed by atoms with Gasteiger partial charge in [0.25, 0.3) is 0 Å². The summed E-state index contributed by atoms with van der Waals surface area (Å²) in [6.07, 6.45) is 4.19. The highest BCUT2D eigenvalue weighted by Crippen LogP contribution is 2.36. The Morgan fingerprint density at radius 2 is 2.35 bits per heavy atom. The molecule has 0 saturated carbocycles. The Bertz CT molecular complexity index is 424. The van der Waals surface area contributed by atoms with E-state index in [1.807, 2.05) is 12.1 Å². The molecule has 0 amide bonds. The van der Waals surface area contributed by atoms with Gasteiger partial charge in [0, 0.05) is 0 Å². The Balaban J connectivity index is 1.73. The first-order valence-electron chi connectivity index (χ1n) is 5.99. The summed E-state index contributed by atoms with van der Waals surface area (Å²) < 4.78 is 10.9. The van der Waals surface area contributed by atoms with Gasteiger partial charge in [0.2, 0.25) is 5.88 Å². The van der Waals surface area contributed by atoms with Crippen LogP contribution in [0.5, 0.6) is 5.88 Å². The second-order valence-corrected chi connectivity index (χ2v) is 4.66. The molecule has 0 aliphatic carbocycles. The molecule has 2 saturated heterocycles. The van der Waals surface area contributed by atoms with Gasteiger partial charge < -0.3 is 20.5 Å². The van der Waals surface area contributed by atoms with Crippen molar-refractivity contribution < 1.29 is 9.47 Å². The fourth-order valence-corrected chi connectivity index (χ4v) is 2.67. The van der Waals surface area contributed by atoms with Crippen LogP contribution in [0, 0.1) is 0 Å². The third-order valence-corrected chi connectivity index (χ3v) is 3.52. The maximum atomic E-state index is 5.79. The number of fused-ring (bicyclic) bond motifs is 2. The predicted molar refractivity (Wildman–Crippen MR) is 65.1 cm³/mol. The lowest BCUT2D eigenvalue weighted by atomic mass is 9.95. The highest BCUT2D eigenvalue weighted by molar-refractivity contribution is 5.54. The summed E-state index contributed by atoms with van der Waals surface area (Å²) in [5.74, 6) is 1.27. The van der Waals surface area contributed by atoms with Crippen LogP contribution in [0.15, 0.2) is 12.1 Å². The van der Waals surface area contributed by atoms with Gasteiger partial charge in [-0.3, -0.25) is 0 Å². The third-order valence-electron chi connectivity index (χ3n) is 3.52. The first-order valence-corrected chi connectivity index (χ1v) is 5.99. The average molecular weight is 235 g/mol. The minimum Gasteiger partial charge on any atom is -0.479 e. The molecule has 5 nitrogen and oxygen atoms in total. The van der Waals surface area contributed by atoms with E-state index in [-0.39, 0.29) is 0 Å². The zero-order chi connectivity index (χ0) is 11.8. The van der Waals surface area contributed by atoms with Gasteiger partial charge in [-0.25, -0.2) is 0 Å². The topological polar surface area (TPSA) is 69.4 Å². The molecule has 0 radical (unpaired) electrons. The van der Waals surface area contributed by atoms with Gasteiger partial charge in [0.05, 0.1) is 31.0 Å². The number of hydrogen-bond acceptors (Lipinski definition) is 5. The van der Waals surface area contributed by atoms with E-state index in [9.17, 15) is 0 Å². The molecule has 2 aliphatic rings. The zero-order valence-electron chi connectivity index (χ0n) is 9.85. The van der Waals surface area contributed by atoms with Gasteiger partial charge in [-0.1, -0.05) is 0 Å². The van der Waals surface area contributed by atoms with Crippen LogP contribution in [0.2, 0.25) is 0 Å². The lowest BCUT2D eigenvalue weighted by Gasteiger charge is -2.20. The Morgan fingerprint density at radius 1 is 1.47 bits per heavy atom. The van der Waals surface area contributed by atoms with Crippen molar-refractivity contribution in [3.63, 3.8) is 0 Å². The van der Waals surface area contributed by atoms with Crippen molar-refractivity contribution in [1.82, 2.24) is 4.98 Å². The van der Waals surface area contributed by atoms with E-state index in [0.717, 1.165) is 18.7 Å². The van der Waals surface area contributed by atoms with E-state index >= 15 is 0 Å². The Kier molecular flexibility index (Phi) is 2.55. The first-order chi connectivity index (χ1) is 8.26. The molecule has 3 N–H and O–H groups in total. The number of nitrogens with one attached hydrogen (secondary N) is 1. The summed E-state index contributed by atoms with van der Waals surface area (Å²) in [5.41, 5.74) is 6.29. The van der Waals surface area contributed by atoms with Gasteiger partial charge in [-0.2, -0.15) is 4.98 Å². The second-order valence-electron chi connectivity index (χ2n) is 4.66. The number of pyridine rings is 1. The van der Waals surface area contributed by atoms with Crippen LogP contribution in [0.3, 0.4) is 0 Å². The van der Waals surface area contributed by atoms with Crippen LogP contribution in [0.1, 0.15) is 19.3 Å². The van der Waals surface area contributed by atoms with Crippen molar-refractivity contribution in [3.05, 3.63) is 12.1 Å². The number of nitrogen functional groups attached to an aromatic ring is 1. The molecule has 3 atom stereocenters. The van der Waals surface area contributed by atoms with E-state index in [1.54, 1.807) is 7.11 Å². The number of nitrogens with zero attached hydrogens (tertiary/aromatic N) is 1. The van der Waals surface area contributed by atoms with Crippen molar-refractivity contribution >= 4 is 11.5 Å². The predicted octanol–water partition coefficient (Wildman–Crippen LogP) is 1.40. The number of rotatable bonds is 3. The fraction of sp³-hybridized carbons (Fsp3) is 0.583. The standard InChI is InChI=1S/C12H17N3O2/c1-16-12-8(13)3-5-11(15-12)14-9-6-7-2-4-10(9)17-7/h3,5,7,9-10H,2,4,6,13H2,1H3,(H,14,15). The van der Waals surface area contributed by atoms with Crippen LogP contribution in [0.4, 0.5) is 11.5 Å². The van der Waals surface area contributed by atoms with Crippen LogP contribution in [-0.2, 0) is 4.74 Å². The summed E-state index contributed by atoms with van der Waals surface area (Å²) in [6.45, 7) is 0. The van der Waals surface area contributed by atoms with Crippen molar-refractivity contribution in [3.8, 4) is 5.88 Å². The Hall–Kier alpha value is -1.49. The van der Waals surface area contributed by atoms with E-state index in [1.165, 1.54) is 6.42 Å². The maximum Gasteiger partial charge on any atom is 0.238 e. The number of nitrogens with two attached hydrogens (primary N) is 1. The molecule has 2 fully saturated rings. The molecule has 5 heteroatoms. The van der Waals surface area contributed by atoms with Crippen molar-refractivity contribution in [1.29, 1.82) is 0 Å². The van der Waals surface area contributed by atoms with Crippen molar-refractivity contribution in [2.75, 3.05) is 18.2 Å². The van der Waals surface area contributed by atoms with Gasteiger partial charge >= 0.3 is 0 Å². The number of methoxy groups -OCH3 is 1. The van der Waals surface area contributed by atoms with Crippen molar-refractivity contribution in [2.24, 2.45) is 0 Å². The van der Waals surface area contributed by atoms with Gasteiger partial charge in [0.1, 0.15) is 5.82 Å². The molecule has 1 aromatic heterocycles. The average Bonchev–Trinajstić information content (AvgIpc) is 2.93. The smallest absolute Gasteiger partial charge is 0.238 e. The summed E-state index contributed by atoms with van der Waals surface area (Å²) in [5, 5.41) is 3.40. The van der Waals surface area contributed by atoms with Crippen LogP contribution in [-0.4, -0.2) is 30.3 Å². The third kappa shape index (κ3) is 1.91. The van der Waals surface area contributed by atoms with Crippen LogP contribution in [0.25, 0.3) is 0 Å². The minimum atomic E-state index is 0.338. The van der Waals surface area contributed by atoms with Gasteiger partial charge in [-0.15, -0.1) is 0 Å². The van der Waals surface area contributed by atoms with Crippen molar-refractivity contribution in [2.45, 2.75) is 37.5 Å². The molecular weight excluding hydrogens is 218 g/mol. The second kappa shape index (κ2) is 4.07. The number of aromatic nitrogens is 1. The molecule has 1 aromatic rings. The fourth-order valence-electron chi connectivity index (χ4n) is 2.67. The van der Waals surface area contributed by atoms with E-state index in [0.29, 0.717) is 29.8 Å². The molecule has 3 unspecified atom stereocenters. The Morgan fingerprint density at radius 3 is 3.00 bits per heavy atom. The highest BCUT2D eigenvalue weighted by atomic mass is 16.5. The summed E-state index contributed by atoms with van der Waals surface area (Å²) in [4.78, 5) is 4.32. The minimum absolute atomic E-state index is 0.338. The first kappa shape index (κ1) is 10.7. The summed E-state index contributed by atoms with van der Waals surface area (Å²) in [7, 11) is 1.57. The van der Waals surface area contributed by atoms with Gasteiger partial charge in [0.15, 0.2) is 0 Å². The lowest BCUT2D eigenvalue weighted by molar-refractivity contribution is 0.102. The summed E-state index contributed by atoms with van der Waals surface area (Å²) >= 11 is 0. The maximum absolute atomic E-state index is 5.79. The SMILES string of the molecule is COc1nc(NC2CC3CCC2O3)ccc1N. The molecule has 92 valence electrons. The van der Waals surface area contributed by atoms with Gasteiger partial charge in [-0.05, 0) is 31.4 Å². The molecule has 2 bridgehead atoms. The molecule has 0 spiro atoms. The zero-order valence-corrected chi connectivity index (χ0v) is 9.85. The van der Waals surface area contributed by atoms with E-state index < -0.39 is 0 Å². The number of anilines is 2. The monoisotopic (exact) mass is 235 g/mol. The lowest BCUT2D eigenvalue weighted by Crippen LogP contribution is -2.30. The normalized spacial score (nSPS) is 30.5. The summed E-state index contributed by atoms with van der Waals surface area (Å²) in [6, 6.07) is 4.06.